The van der Waals surface area contributed by atoms with Crippen LogP contribution in [0, 0.1) is 26.2 Å². The normalized spacial score (nSPS) is 10.5. The summed E-state index contributed by atoms with van der Waals surface area (Å²) in [6.45, 7) is 4.84. The van der Waals surface area contributed by atoms with Gasteiger partial charge in [-0.25, -0.2) is 0 Å². The van der Waals surface area contributed by atoms with Gasteiger partial charge in [-0.3, -0.25) is 4.99 Å². The van der Waals surface area contributed by atoms with E-state index in [9.17, 15) is 0 Å². The molecule has 3 N–H and O–H groups in total. The van der Waals surface area contributed by atoms with E-state index in [1.165, 1.54) is 11.1 Å². The van der Waals surface area contributed by atoms with E-state index < -0.39 is 0 Å². The number of hydrogen-bond acceptors (Lipinski definition) is 1. The van der Waals surface area contributed by atoms with Gasteiger partial charge in [0.15, 0.2) is 5.96 Å². The molecule has 3 nitrogen and oxygen atoms in total. The molecule has 0 amide bonds. The summed E-state index contributed by atoms with van der Waals surface area (Å²) in [5.41, 5.74) is 9.22. The largest absolute Gasteiger partial charge is 0.370 e. The van der Waals surface area contributed by atoms with Gasteiger partial charge < -0.3 is 11.1 Å². The molecule has 0 bridgehead atoms. The first-order valence-corrected chi connectivity index (χ1v) is 6.20. The van der Waals surface area contributed by atoms with Crippen LogP contribution in [-0.4, -0.2) is 12.5 Å². The quantitative estimate of drug-likeness (QED) is 0.274. The van der Waals surface area contributed by atoms with Gasteiger partial charge >= 0.3 is 0 Å². The van der Waals surface area contributed by atoms with Crippen LogP contribution >= 0.6 is 24.0 Å². The Labute approximate surface area is 133 Å². The highest BCUT2D eigenvalue weighted by Gasteiger charge is 1.97. The number of anilines is 1. The number of aryl methyl sites for hydroxylation is 2. The zero-order chi connectivity index (χ0) is 13.4. The lowest BCUT2D eigenvalue weighted by Crippen LogP contribution is -2.23. The standard InChI is InChI=1S/C15H21N3.HI/c1-4-5-6-7-8-17-15(16)18-14-10-12(2)9-13(3)11-14;/h1,9-11H,5-8H2,2-3H3,(H3,16,17,18);1H. The van der Waals surface area contributed by atoms with Crippen molar-refractivity contribution in [3.63, 3.8) is 0 Å². The number of halogens is 1. The van der Waals surface area contributed by atoms with Gasteiger partial charge in [0.05, 0.1) is 0 Å². The number of terminal acetylenes is 1. The predicted octanol–water partition coefficient (Wildman–Crippen LogP) is 3.45. The molecular formula is C15H22IN3. The predicted molar refractivity (Wildman–Crippen MR) is 94.1 cm³/mol. The Hall–Kier alpha value is -1.22. The lowest BCUT2D eigenvalue weighted by Gasteiger charge is -2.07. The maximum absolute atomic E-state index is 5.82. The minimum absolute atomic E-state index is 0. The van der Waals surface area contributed by atoms with E-state index >= 15 is 0 Å². The maximum atomic E-state index is 5.82. The molecular weight excluding hydrogens is 349 g/mol. The maximum Gasteiger partial charge on any atom is 0.193 e. The lowest BCUT2D eigenvalue weighted by atomic mass is 10.1. The molecule has 0 aliphatic rings. The van der Waals surface area contributed by atoms with Crippen LogP contribution in [-0.2, 0) is 0 Å². The molecule has 0 saturated carbocycles. The Bertz CT molecular complexity index is 441. The third-order valence-corrected chi connectivity index (χ3v) is 2.51. The molecule has 0 aliphatic heterocycles. The van der Waals surface area contributed by atoms with E-state index in [2.05, 4.69) is 36.1 Å². The van der Waals surface area contributed by atoms with E-state index in [-0.39, 0.29) is 24.0 Å². The van der Waals surface area contributed by atoms with Crippen molar-refractivity contribution in [2.24, 2.45) is 10.7 Å². The Morgan fingerprint density at radius 3 is 2.47 bits per heavy atom. The number of rotatable bonds is 5. The number of unbranched alkanes of at least 4 members (excludes halogenated alkanes) is 2. The Morgan fingerprint density at radius 1 is 1.26 bits per heavy atom. The van der Waals surface area contributed by atoms with Crippen molar-refractivity contribution in [1.82, 2.24) is 0 Å². The zero-order valence-corrected chi connectivity index (χ0v) is 13.9. The van der Waals surface area contributed by atoms with Crippen molar-refractivity contribution in [3.8, 4) is 12.3 Å². The first-order chi connectivity index (χ1) is 8.61. The zero-order valence-electron chi connectivity index (χ0n) is 11.6. The van der Waals surface area contributed by atoms with Gasteiger partial charge in [0.2, 0.25) is 0 Å². The summed E-state index contributed by atoms with van der Waals surface area (Å²) in [4.78, 5) is 4.27. The second-order valence-corrected chi connectivity index (χ2v) is 4.43. The third-order valence-electron chi connectivity index (χ3n) is 2.51. The summed E-state index contributed by atoms with van der Waals surface area (Å²) in [5, 5.41) is 3.10. The van der Waals surface area contributed by atoms with Crippen molar-refractivity contribution in [1.29, 1.82) is 0 Å². The van der Waals surface area contributed by atoms with E-state index in [0.717, 1.165) is 24.9 Å². The van der Waals surface area contributed by atoms with Gasteiger partial charge in [0.1, 0.15) is 0 Å². The van der Waals surface area contributed by atoms with Crippen LogP contribution in [0.3, 0.4) is 0 Å². The van der Waals surface area contributed by atoms with Crippen LogP contribution in [0.5, 0.6) is 0 Å². The summed E-state index contributed by atoms with van der Waals surface area (Å²) in [5.74, 6) is 3.07. The van der Waals surface area contributed by atoms with Crippen molar-refractivity contribution in [3.05, 3.63) is 29.3 Å². The molecule has 104 valence electrons. The van der Waals surface area contributed by atoms with Crippen molar-refractivity contribution < 1.29 is 0 Å². The van der Waals surface area contributed by atoms with Crippen LogP contribution in [0.4, 0.5) is 5.69 Å². The molecule has 0 atom stereocenters. The van der Waals surface area contributed by atoms with E-state index in [4.69, 9.17) is 12.2 Å². The summed E-state index contributed by atoms with van der Waals surface area (Å²) < 4.78 is 0. The number of nitrogens with one attached hydrogen (secondary N) is 1. The molecule has 0 aliphatic carbocycles. The van der Waals surface area contributed by atoms with Crippen LogP contribution in [0.25, 0.3) is 0 Å². The molecule has 1 aromatic carbocycles. The molecule has 4 heteroatoms. The topological polar surface area (TPSA) is 50.4 Å². The highest BCUT2D eigenvalue weighted by molar-refractivity contribution is 14.0. The second kappa shape index (κ2) is 9.68. The number of hydrogen-bond donors (Lipinski definition) is 2. The first kappa shape index (κ1) is 17.8. The average Bonchev–Trinajstić information content (AvgIpc) is 2.27. The van der Waals surface area contributed by atoms with Crippen LogP contribution in [0.1, 0.15) is 30.4 Å². The minimum atomic E-state index is 0. The molecule has 0 spiro atoms. The van der Waals surface area contributed by atoms with Crippen molar-refractivity contribution in [2.45, 2.75) is 33.1 Å². The second-order valence-electron chi connectivity index (χ2n) is 4.43. The minimum Gasteiger partial charge on any atom is -0.370 e. The fraction of sp³-hybridized carbons (Fsp3) is 0.400. The summed E-state index contributed by atoms with van der Waals surface area (Å²) in [6, 6.07) is 6.22. The Kier molecular flexibility index (Phi) is 9.06. The smallest absolute Gasteiger partial charge is 0.193 e. The first-order valence-electron chi connectivity index (χ1n) is 6.20. The highest BCUT2D eigenvalue weighted by Crippen LogP contribution is 2.13. The Morgan fingerprint density at radius 2 is 1.89 bits per heavy atom. The van der Waals surface area contributed by atoms with Gasteiger partial charge in [-0.15, -0.1) is 36.3 Å². The van der Waals surface area contributed by atoms with Gasteiger partial charge in [0, 0.05) is 18.7 Å². The SMILES string of the molecule is C#CCCCCN=C(N)Nc1cc(C)cc(C)c1.I. The summed E-state index contributed by atoms with van der Waals surface area (Å²) in [7, 11) is 0. The summed E-state index contributed by atoms with van der Waals surface area (Å²) in [6.07, 6.45) is 7.95. The Balaban J connectivity index is 0.00000324. The molecule has 19 heavy (non-hydrogen) atoms. The van der Waals surface area contributed by atoms with Gasteiger partial charge in [0.25, 0.3) is 0 Å². The van der Waals surface area contributed by atoms with Gasteiger partial charge in [-0.05, 0) is 49.9 Å². The molecule has 0 aromatic heterocycles. The van der Waals surface area contributed by atoms with Gasteiger partial charge in [-0.2, -0.15) is 0 Å². The fourth-order valence-electron chi connectivity index (χ4n) is 1.77. The number of aliphatic imine (C=N–C) groups is 1. The molecule has 0 heterocycles. The third kappa shape index (κ3) is 7.73. The number of nitrogens with two attached hydrogens (primary N) is 1. The summed E-state index contributed by atoms with van der Waals surface area (Å²) >= 11 is 0. The van der Waals surface area contributed by atoms with E-state index in [0.29, 0.717) is 12.5 Å². The molecule has 0 radical (unpaired) electrons. The molecule has 1 rings (SSSR count). The average molecular weight is 371 g/mol. The monoisotopic (exact) mass is 371 g/mol. The van der Waals surface area contributed by atoms with Crippen LogP contribution < -0.4 is 11.1 Å². The van der Waals surface area contributed by atoms with Crippen molar-refractivity contribution in [2.75, 3.05) is 11.9 Å². The number of nitrogens with zero attached hydrogens (tertiary/aromatic N) is 1. The molecule has 1 aromatic rings. The number of guanidine groups is 1. The van der Waals surface area contributed by atoms with Crippen LogP contribution in [0.15, 0.2) is 23.2 Å². The van der Waals surface area contributed by atoms with E-state index in [1.54, 1.807) is 0 Å². The molecule has 0 unspecified atom stereocenters. The highest BCUT2D eigenvalue weighted by atomic mass is 127. The fourth-order valence-corrected chi connectivity index (χ4v) is 1.77. The van der Waals surface area contributed by atoms with Crippen molar-refractivity contribution >= 4 is 35.6 Å². The van der Waals surface area contributed by atoms with Crippen LogP contribution in [0.2, 0.25) is 0 Å². The van der Waals surface area contributed by atoms with E-state index in [1.807, 2.05) is 12.1 Å². The molecule has 0 saturated heterocycles. The molecule has 0 fully saturated rings. The van der Waals surface area contributed by atoms with Gasteiger partial charge in [-0.1, -0.05) is 6.07 Å². The number of benzene rings is 1. The lowest BCUT2D eigenvalue weighted by molar-refractivity contribution is 0.768.